The molecule has 0 bridgehead atoms. The molecular formula is C14H27N5O2. The molecule has 3 N–H and O–H groups in total. The maximum absolute atomic E-state index is 5.53. The van der Waals surface area contributed by atoms with Gasteiger partial charge < -0.3 is 19.8 Å². The first-order valence-electron chi connectivity index (χ1n) is 7.49. The van der Waals surface area contributed by atoms with Crippen LogP contribution in [0.4, 0.5) is 11.6 Å². The molecule has 120 valence electrons. The van der Waals surface area contributed by atoms with Crippen molar-refractivity contribution in [2.24, 2.45) is 5.84 Å². The van der Waals surface area contributed by atoms with Crippen LogP contribution >= 0.6 is 0 Å². The summed E-state index contributed by atoms with van der Waals surface area (Å²) < 4.78 is 10.9. The number of hydrogen-bond donors (Lipinski definition) is 2. The number of nitrogens with two attached hydrogens (primary N) is 1. The molecule has 0 aliphatic carbocycles. The molecule has 0 unspecified atom stereocenters. The van der Waals surface area contributed by atoms with Crippen molar-refractivity contribution in [1.29, 1.82) is 0 Å². The van der Waals surface area contributed by atoms with E-state index in [-0.39, 0.29) is 0 Å². The number of nitrogen functional groups attached to an aromatic ring is 1. The van der Waals surface area contributed by atoms with Crippen molar-refractivity contribution in [3.8, 4) is 0 Å². The molecule has 0 spiro atoms. The highest BCUT2D eigenvalue weighted by molar-refractivity contribution is 5.58. The first-order chi connectivity index (χ1) is 10.3. The van der Waals surface area contributed by atoms with E-state index >= 15 is 0 Å². The summed E-state index contributed by atoms with van der Waals surface area (Å²) in [5.74, 6) is 7.09. The van der Waals surface area contributed by atoms with E-state index < -0.39 is 0 Å². The lowest BCUT2D eigenvalue weighted by Gasteiger charge is -2.26. The van der Waals surface area contributed by atoms with Gasteiger partial charge >= 0.3 is 0 Å². The highest BCUT2D eigenvalue weighted by Crippen LogP contribution is 2.23. The lowest BCUT2D eigenvalue weighted by Crippen LogP contribution is -2.33. The zero-order chi connectivity index (χ0) is 15.5. The maximum Gasteiger partial charge on any atom is 0.148 e. The van der Waals surface area contributed by atoms with E-state index in [1.165, 1.54) is 6.33 Å². The summed E-state index contributed by atoms with van der Waals surface area (Å²) in [7, 11) is 0. The van der Waals surface area contributed by atoms with E-state index in [0.717, 1.165) is 30.9 Å². The van der Waals surface area contributed by atoms with Crippen molar-refractivity contribution in [1.82, 2.24) is 9.97 Å². The number of ether oxygens (including phenoxy) is 2. The van der Waals surface area contributed by atoms with Crippen molar-refractivity contribution < 1.29 is 9.47 Å². The second-order valence-electron chi connectivity index (χ2n) is 4.40. The normalized spacial score (nSPS) is 10.7. The van der Waals surface area contributed by atoms with Crippen LogP contribution < -0.4 is 16.2 Å². The number of hydrazine groups is 1. The van der Waals surface area contributed by atoms with E-state index in [0.29, 0.717) is 32.2 Å². The van der Waals surface area contributed by atoms with E-state index in [4.69, 9.17) is 15.3 Å². The summed E-state index contributed by atoms with van der Waals surface area (Å²) in [4.78, 5) is 10.8. The van der Waals surface area contributed by atoms with Gasteiger partial charge in [-0.05, 0) is 20.3 Å². The monoisotopic (exact) mass is 297 g/mol. The van der Waals surface area contributed by atoms with Gasteiger partial charge in [-0.2, -0.15) is 0 Å². The van der Waals surface area contributed by atoms with Crippen LogP contribution in [-0.2, 0) is 15.9 Å². The van der Waals surface area contributed by atoms with Gasteiger partial charge in [0, 0.05) is 31.9 Å². The fourth-order valence-electron chi connectivity index (χ4n) is 2.09. The standard InChI is InChI=1S/C14H27N5O2/c1-4-12-13(18-15)16-11-17-14(12)19(7-9-20-5-2)8-10-21-6-3/h11H,4-10,15H2,1-3H3,(H,16,17,18). The van der Waals surface area contributed by atoms with Gasteiger partial charge in [0.15, 0.2) is 0 Å². The summed E-state index contributed by atoms with van der Waals surface area (Å²) in [5.41, 5.74) is 3.64. The predicted molar refractivity (Wildman–Crippen MR) is 84.4 cm³/mol. The molecule has 0 aliphatic heterocycles. The van der Waals surface area contributed by atoms with Gasteiger partial charge in [0.05, 0.1) is 13.2 Å². The van der Waals surface area contributed by atoms with Crippen molar-refractivity contribution in [2.75, 3.05) is 49.8 Å². The van der Waals surface area contributed by atoms with E-state index in [1.54, 1.807) is 0 Å². The fourth-order valence-corrected chi connectivity index (χ4v) is 2.09. The number of nitrogens with one attached hydrogen (secondary N) is 1. The largest absolute Gasteiger partial charge is 0.380 e. The molecule has 0 fully saturated rings. The smallest absolute Gasteiger partial charge is 0.148 e. The molecule has 0 radical (unpaired) electrons. The quantitative estimate of drug-likeness (QED) is 0.360. The Labute approximate surface area is 126 Å². The minimum Gasteiger partial charge on any atom is -0.380 e. The first-order valence-corrected chi connectivity index (χ1v) is 7.49. The molecule has 21 heavy (non-hydrogen) atoms. The highest BCUT2D eigenvalue weighted by atomic mass is 16.5. The zero-order valence-electron chi connectivity index (χ0n) is 13.3. The van der Waals surface area contributed by atoms with Crippen LogP contribution in [0.3, 0.4) is 0 Å². The Kier molecular flexibility index (Phi) is 8.65. The molecule has 1 rings (SSSR count). The first kappa shape index (κ1) is 17.6. The predicted octanol–water partition coefficient (Wildman–Crippen LogP) is 1.20. The van der Waals surface area contributed by atoms with Crippen LogP contribution in [0.1, 0.15) is 26.3 Å². The van der Waals surface area contributed by atoms with Gasteiger partial charge in [0.25, 0.3) is 0 Å². The average Bonchev–Trinajstić information content (AvgIpc) is 2.52. The van der Waals surface area contributed by atoms with Gasteiger partial charge in [0.1, 0.15) is 18.0 Å². The van der Waals surface area contributed by atoms with Crippen LogP contribution in [-0.4, -0.2) is 49.5 Å². The third-order valence-electron chi connectivity index (χ3n) is 3.13. The summed E-state index contributed by atoms with van der Waals surface area (Å²) in [6.45, 7) is 10.3. The van der Waals surface area contributed by atoms with Crippen molar-refractivity contribution in [3.63, 3.8) is 0 Å². The summed E-state index contributed by atoms with van der Waals surface area (Å²) in [5, 5.41) is 0. The van der Waals surface area contributed by atoms with E-state index in [1.807, 2.05) is 13.8 Å². The van der Waals surface area contributed by atoms with Crippen molar-refractivity contribution in [3.05, 3.63) is 11.9 Å². The second kappa shape index (κ2) is 10.3. The second-order valence-corrected chi connectivity index (χ2v) is 4.40. The molecule has 0 aromatic carbocycles. The molecule has 0 amide bonds. The van der Waals surface area contributed by atoms with Gasteiger partial charge in [-0.25, -0.2) is 15.8 Å². The summed E-state index contributed by atoms with van der Waals surface area (Å²) in [6.07, 6.45) is 2.33. The Bertz CT molecular complexity index is 393. The lowest BCUT2D eigenvalue weighted by atomic mass is 10.2. The molecule has 0 saturated heterocycles. The number of aromatic nitrogens is 2. The zero-order valence-corrected chi connectivity index (χ0v) is 13.3. The van der Waals surface area contributed by atoms with Gasteiger partial charge in [-0.15, -0.1) is 0 Å². The third-order valence-corrected chi connectivity index (χ3v) is 3.13. The van der Waals surface area contributed by atoms with Crippen LogP contribution in [0, 0.1) is 0 Å². The minimum absolute atomic E-state index is 0.654. The van der Waals surface area contributed by atoms with Crippen molar-refractivity contribution in [2.45, 2.75) is 27.2 Å². The Morgan fingerprint density at radius 2 is 1.71 bits per heavy atom. The fraction of sp³-hybridized carbons (Fsp3) is 0.714. The Hall–Kier alpha value is -1.44. The number of nitrogens with zero attached hydrogens (tertiary/aromatic N) is 3. The van der Waals surface area contributed by atoms with Crippen LogP contribution in [0.2, 0.25) is 0 Å². The SMILES string of the molecule is CCOCCN(CCOCC)c1ncnc(NN)c1CC. The molecule has 1 aromatic rings. The Morgan fingerprint density at radius 3 is 2.19 bits per heavy atom. The summed E-state index contributed by atoms with van der Waals surface area (Å²) >= 11 is 0. The van der Waals surface area contributed by atoms with Crippen LogP contribution in [0.25, 0.3) is 0 Å². The molecule has 0 aliphatic rings. The molecule has 1 aromatic heterocycles. The molecule has 7 nitrogen and oxygen atoms in total. The number of rotatable bonds is 11. The van der Waals surface area contributed by atoms with Crippen molar-refractivity contribution >= 4 is 11.6 Å². The molecular weight excluding hydrogens is 270 g/mol. The molecule has 1 heterocycles. The van der Waals surface area contributed by atoms with Gasteiger partial charge in [-0.1, -0.05) is 6.92 Å². The van der Waals surface area contributed by atoms with E-state index in [2.05, 4.69) is 27.2 Å². The number of anilines is 2. The van der Waals surface area contributed by atoms with Gasteiger partial charge in [-0.3, -0.25) is 0 Å². The maximum atomic E-state index is 5.53. The Morgan fingerprint density at radius 1 is 1.10 bits per heavy atom. The lowest BCUT2D eigenvalue weighted by molar-refractivity contribution is 0.141. The molecule has 0 saturated carbocycles. The molecule has 0 atom stereocenters. The highest BCUT2D eigenvalue weighted by Gasteiger charge is 2.15. The van der Waals surface area contributed by atoms with Gasteiger partial charge in [0.2, 0.25) is 0 Å². The minimum atomic E-state index is 0.654. The summed E-state index contributed by atoms with van der Waals surface area (Å²) in [6, 6.07) is 0. The topological polar surface area (TPSA) is 85.5 Å². The van der Waals surface area contributed by atoms with Crippen LogP contribution in [0.5, 0.6) is 0 Å². The third kappa shape index (κ3) is 5.45. The van der Waals surface area contributed by atoms with E-state index in [9.17, 15) is 0 Å². The average molecular weight is 297 g/mol. The molecule has 7 heteroatoms. The van der Waals surface area contributed by atoms with Crippen LogP contribution in [0.15, 0.2) is 6.33 Å². The Balaban J connectivity index is 2.89. The number of hydrogen-bond acceptors (Lipinski definition) is 7.